The smallest absolute Gasteiger partial charge is 0.251 e. The lowest BCUT2D eigenvalue weighted by molar-refractivity contribution is -0.137. The Balaban J connectivity index is 1.49. The van der Waals surface area contributed by atoms with Crippen molar-refractivity contribution in [2.24, 2.45) is 0 Å². The van der Waals surface area contributed by atoms with Crippen molar-refractivity contribution in [3.05, 3.63) is 117 Å². The average molecular weight is 657 g/mol. The highest BCUT2D eigenvalue weighted by atomic mass is 35.5. The van der Waals surface area contributed by atoms with Crippen LogP contribution in [-0.2, 0) is 16.1 Å². The van der Waals surface area contributed by atoms with Gasteiger partial charge in [0.1, 0.15) is 11.0 Å². The molecule has 0 aliphatic rings. The van der Waals surface area contributed by atoms with Gasteiger partial charge in [-0.15, -0.1) is 11.3 Å². The molecule has 0 aliphatic carbocycles. The monoisotopic (exact) mass is 656 g/mol. The van der Waals surface area contributed by atoms with Crippen LogP contribution >= 0.6 is 34.7 Å². The summed E-state index contributed by atoms with van der Waals surface area (Å²) in [4.78, 5) is 45.7. The number of hydrogen-bond acceptors (Lipinski definition) is 8. The number of thiazole rings is 1. The van der Waals surface area contributed by atoms with Crippen LogP contribution in [0.4, 0.5) is 11.4 Å². The minimum atomic E-state index is -0.965. The Bertz CT molecular complexity index is 1740. The Morgan fingerprint density at radius 1 is 0.911 bits per heavy atom. The van der Waals surface area contributed by atoms with Crippen LogP contribution in [0.25, 0.3) is 11.3 Å². The predicted octanol–water partition coefficient (Wildman–Crippen LogP) is 7.44. The van der Waals surface area contributed by atoms with Crippen molar-refractivity contribution in [1.29, 1.82) is 0 Å². The molecular formula is C34H33ClN6O2S2. The van der Waals surface area contributed by atoms with E-state index in [1.54, 1.807) is 29.2 Å². The number of hydrogen-bond donors (Lipinski definition) is 1. The molecule has 0 radical (unpaired) electrons. The van der Waals surface area contributed by atoms with E-state index >= 15 is 0 Å². The van der Waals surface area contributed by atoms with Crippen LogP contribution in [0.15, 0.2) is 95.5 Å². The topological polar surface area (TPSA) is 91.3 Å². The van der Waals surface area contributed by atoms with E-state index in [1.807, 2.05) is 98.9 Å². The van der Waals surface area contributed by atoms with E-state index in [1.165, 1.54) is 23.1 Å². The molecule has 0 spiro atoms. The fraction of sp³-hybridized carbons (Fsp3) is 0.206. The molecule has 2 aromatic heterocycles. The first kappa shape index (κ1) is 32.2. The molecule has 0 aliphatic heterocycles. The summed E-state index contributed by atoms with van der Waals surface area (Å²) in [5.74, 6) is -0.567. The van der Waals surface area contributed by atoms with Crippen LogP contribution in [0.2, 0.25) is 5.02 Å². The Morgan fingerprint density at radius 3 is 2.22 bits per heavy atom. The summed E-state index contributed by atoms with van der Waals surface area (Å²) in [6.07, 6.45) is 0. The van der Waals surface area contributed by atoms with Crippen molar-refractivity contribution in [2.45, 2.75) is 31.6 Å². The van der Waals surface area contributed by atoms with E-state index in [-0.39, 0.29) is 24.1 Å². The van der Waals surface area contributed by atoms with Crippen LogP contribution in [0.1, 0.15) is 28.0 Å². The van der Waals surface area contributed by atoms with Crippen LogP contribution < -0.4 is 10.2 Å². The maximum Gasteiger partial charge on any atom is 0.251 e. The van der Waals surface area contributed by atoms with Crippen molar-refractivity contribution in [3.8, 4) is 11.3 Å². The summed E-state index contributed by atoms with van der Waals surface area (Å²) in [7, 11) is 3.91. The van der Waals surface area contributed by atoms with E-state index in [0.717, 1.165) is 28.3 Å². The third-order valence-electron chi connectivity index (χ3n) is 6.93. The molecule has 2 heterocycles. The molecule has 5 aromatic rings. The minimum Gasteiger partial charge on any atom is -0.378 e. The third-order valence-corrected chi connectivity index (χ3v) is 8.85. The lowest BCUT2D eigenvalue weighted by Crippen LogP contribution is -2.41. The highest BCUT2D eigenvalue weighted by Crippen LogP contribution is 2.30. The predicted molar refractivity (Wildman–Crippen MR) is 184 cm³/mol. The van der Waals surface area contributed by atoms with Gasteiger partial charge in [0.25, 0.3) is 5.91 Å². The van der Waals surface area contributed by atoms with Crippen LogP contribution in [-0.4, -0.2) is 51.5 Å². The van der Waals surface area contributed by atoms with Gasteiger partial charge in [0, 0.05) is 52.8 Å². The van der Waals surface area contributed by atoms with Gasteiger partial charge in [-0.05, 0) is 61.9 Å². The zero-order valence-corrected chi connectivity index (χ0v) is 27.8. The second-order valence-electron chi connectivity index (χ2n) is 10.6. The highest BCUT2D eigenvalue weighted by molar-refractivity contribution is 7.99. The van der Waals surface area contributed by atoms with Gasteiger partial charge in [0.05, 0.1) is 18.0 Å². The summed E-state index contributed by atoms with van der Waals surface area (Å²) in [6, 6.07) is 25.3. The second kappa shape index (κ2) is 14.7. The summed E-state index contributed by atoms with van der Waals surface area (Å²) in [5, 5.41) is 6.74. The van der Waals surface area contributed by atoms with Crippen molar-refractivity contribution in [2.75, 3.05) is 30.1 Å². The fourth-order valence-corrected chi connectivity index (χ4v) is 6.50. The molecule has 0 bridgehead atoms. The van der Waals surface area contributed by atoms with E-state index in [9.17, 15) is 9.59 Å². The van der Waals surface area contributed by atoms with E-state index in [2.05, 4.69) is 15.3 Å². The molecule has 2 amide bonds. The summed E-state index contributed by atoms with van der Waals surface area (Å²) >= 11 is 8.93. The molecule has 5 rings (SSSR count). The van der Waals surface area contributed by atoms with Gasteiger partial charge in [-0.1, -0.05) is 65.8 Å². The zero-order valence-electron chi connectivity index (χ0n) is 25.4. The number of nitrogens with one attached hydrogen (secondary N) is 1. The quantitative estimate of drug-likeness (QED) is 0.117. The molecule has 0 fully saturated rings. The maximum absolute atomic E-state index is 14.1. The molecule has 45 heavy (non-hydrogen) atoms. The number of aromatic nitrogens is 3. The highest BCUT2D eigenvalue weighted by Gasteiger charge is 2.33. The van der Waals surface area contributed by atoms with E-state index in [0.29, 0.717) is 26.4 Å². The summed E-state index contributed by atoms with van der Waals surface area (Å²) < 4.78 is 0. The van der Waals surface area contributed by atoms with E-state index < -0.39 is 6.04 Å². The Labute approximate surface area is 276 Å². The SMILES string of the molecule is Cc1cc(C)nc(SCC(=O)N(Cc2nc(-c3ccccc3)cs2)[C@H](C(=O)Nc2ccc(N(C)C)cc2)c2ccc(Cl)cc2)n1. The lowest BCUT2D eigenvalue weighted by atomic mass is 10.0. The molecule has 1 N–H and O–H groups in total. The average Bonchev–Trinajstić information content (AvgIpc) is 3.49. The number of carbonyl (C=O) groups excluding carboxylic acids is 2. The number of halogens is 1. The van der Waals surface area contributed by atoms with Crippen LogP contribution in [0.5, 0.6) is 0 Å². The number of rotatable bonds is 11. The van der Waals surface area contributed by atoms with Crippen molar-refractivity contribution in [1.82, 2.24) is 19.9 Å². The molecule has 8 nitrogen and oxygen atoms in total. The first-order valence-corrected chi connectivity index (χ1v) is 16.5. The molecule has 1 atom stereocenters. The molecular weight excluding hydrogens is 624 g/mol. The Hall–Kier alpha value is -4.25. The van der Waals surface area contributed by atoms with E-state index in [4.69, 9.17) is 16.6 Å². The largest absolute Gasteiger partial charge is 0.378 e. The Morgan fingerprint density at radius 2 is 1.58 bits per heavy atom. The molecule has 0 saturated carbocycles. The first-order valence-electron chi connectivity index (χ1n) is 14.2. The molecule has 0 unspecified atom stereocenters. The zero-order chi connectivity index (χ0) is 31.9. The van der Waals surface area contributed by atoms with Gasteiger partial charge in [0.15, 0.2) is 5.16 Å². The number of carbonyl (C=O) groups is 2. The molecule has 11 heteroatoms. The van der Waals surface area contributed by atoms with Gasteiger partial charge < -0.3 is 15.1 Å². The molecule has 230 valence electrons. The van der Waals surface area contributed by atoms with Crippen LogP contribution in [0.3, 0.4) is 0 Å². The normalized spacial score (nSPS) is 11.6. The molecule has 3 aromatic carbocycles. The van der Waals surface area contributed by atoms with Gasteiger partial charge >= 0.3 is 0 Å². The summed E-state index contributed by atoms with van der Waals surface area (Å²) in [6.45, 7) is 3.92. The van der Waals surface area contributed by atoms with Gasteiger partial charge in [-0.2, -0.15) is 0 Å². The Kier molecular flexibility index (Phi) is 10.5. The minimum absolute atomic E-state index is 0.0364. The van der Waals surface area contributed by atoms with Gasteiger partial charge in [0.2, 0.25) is 5.91 Å². The first-order chi connectivity index (χ1) is 21.7. The number of thioether (sulfide) groups is 1. The maximum atomic E-state index is 14.1. The fourth-order valence-electron chi connectivity index (χ4n) is 4.73. The molecule has 0 saturated heterocycles. The van der Waals surface area contributed by atoms with Gasteiger partial charge in [-0.25, -0.2) is 15.0 Å². The number of nitrogens with zero attached hydrogens (tertiary/aromatic N) is 5. The standard InChI is InChI=1S/C34H33ClN6O2S2/c1-22-18-23(2)37-34(36-22)45-21-31(42)41(19-30-39-29(20-44-30)24-8-6-5-7-9-24)32(25-10-12-26(35)13-11-25)33(43)38-27-14-16-28(17-15-27)40(3)4/h5-18,20,32H,19,21H2,1-4H3,(H,38,43)/t32-/m0/s1. The van der Waals surface area contributed by atoms with Crippen molar-refractivity contribution in [3.63, 3.8) is 0 Å². The van der Waals surface area contributed by atoms with Crippen molar-refractivity contribution >= 4 is 57.9 Å². The number of amides is 2. The number of aryl methyl sites for hydroxylation is 2. The lowest BCUT2D eigenvalue weighted by Gasteiger charge is -2.31. The van der Waals surface area contributed by atoms with Crippen molar-refractivity contribution < 1.29 is 9.59 Å². The summed E-state index contributed by atoms with van der Waals surface area (Å²) in [5.41, 5.74) is 5.69. The van der Waals surface area contributed by atoms with Gasteiger partial charge in [-0.3, -0.25) is 9.59 Å². The second-order valence-corrected chi connectivity index (χ2v) is 12.9. The van der Waals surface area contributed by atoms with Crippen LogP contribution in [0, 0.1) is 13.8 Å². The number of anilines is 2. The third kappa shape index (κ3) is 8.48. The number of benzene rings is 3.